The van der Waals surface area contributed by atoms with Crippen molar-refractivity contribution < 1.29 is 28.5 Å². The number of carbonyl (C=O) groups is 2. The van der Waals surface area contributed by atoms with Gasteiger partial charge in [0.2, 0.25) is 0 Å². The van der Waals surface area contributed by atoms with Crippen LogP contribution < -0.4 is 9.47 Å². The monoisotopic (exact) mass is 478 g/mol. The summed E-state index contributed by atoms with van der Waals surface area (Å²) in [5.41, 5.74) is 3.64. The van der Waals surface area contributed by atoms with Gasteiger partial charge in [-0.25, -0.2) is 9.59 Å². The first-order valence-electron chi connectivity index (χ1n) is 12.4. The van der Waals surface area contributed by atoms with E-state index in [9.17, 15) is 9.59 Å². The normalized spacial score (nSPS) is 19.5. The fourth-order valence-electron chi connectivity index (χ4n) is 5.32. The molecule has 186 valence electrons. The Morgan fingerprint density at radius 3 is 1.91 bits per heavy atom. The van der Waals surface area contributed by atoms with Gasteiger partial charge in [-0.1, -0.05) is 32.2 Å². The van der Waals surface area contributed by atoms with Gasteiger partial charge in [-0.2, -0.15) is 0 Å². The van der Waals surface area contributed by atoms with Crippen LogP contribution in [0.5, 0.6) is 11.5 Å². The van der Waals surface area contributed by atoms with Crippen molar-refractivity contribution in [2.75, 3.05) is 13.2 Å². The maximum absolute atomic E-state index is 11.6. The largest absolute Gasteiger partial charge is 0.489 e. The summed E-state index contributed by atoms with van der Waals surface area (Å²) in [6, 6.07) is 6.39. The topological polar surface area (TPSA) is 71.1 Å². The highest BCUT2D eigenvalue weighted by atomic mass is 16.6. The van der Waals surface area contributed by atoms with Crippen LogP contribution in [-0.4, -0.2) is 37.4 Å². The van der Waals surface area contributed by atoms with Crippen LogP contribution in [0.15, 0.2) is 43.5 Å². The van der Waals surface area contributed by atoms with Crippen LogP contribution in [-0.2, 0) is 25.5 Å². The number of fused-ring (bicyclic) bond motifs is 6. The van der Waals surface area contributed by atoms with Gasteiger partial charge in [0.15, 0.2) is 0 Å². The Labute approximate surface area is 206 Å². The van der Waals surface area contributed by atoms with E-state index in [1.165, 1.54) is 16.7 Å². The third-order valence-corrected chi connectivity index (χ3v) is 6.90. The first-order chi connectivity index (χ1) is 16.9. The van der Waals surface area contributed by atoms with Crippen LogP contribution in [0, 0.1) is 0 Å². The third-order valence-electron chi connectivity index (χ3n) is 6.90. The minimum Gasteiger partial charge on any atom is -0.489 e. The summed E-state index contributed by atoms with van der Waals surface area (Å²) in [6.45, 7) is 13.2. The van der Waals surface area contributed by atoms with Crippen molar-refractivity contribution >= 4 is 22.7 Å². The van der Waals surface area contributed by atoms with Gasteiger partial charge in [0.25, 0.3) is 0 Å². The van der Waals surface area contributed by atoms with E-state index in [4.69, 9.17) is 18.9 Å². The van der Waals surface area contributed by atoms with E-state index in [0.717, 1.165) is 60.1 Å². The van der Waals surface area contributed by atoms with E-state index >= 15 is 0 Å². The summed E-state index contributed by atoms with van der Waals surface area (Å²) < 4.78 is 23.5. The Morgan fingerprint density at radius 2 is 1.43 bits per heavy atom. The van der Waals surface area contributed by atoms with Gasteiger partial charge < -0.3 is 18.9 Å². The molecule has 0 N–H and O–H groups in total. The quantitative estimate of drug-likeness (QED) is 0.302. The summed E-state index contributed by atoms with van der Waals surface area (Å²) in [5, 5.41) is 1.99. The lowest BCUT2D eigenvalue weighted by Gasteiger charge is -2.26. The van der Waals surface area contributed by atoms with Gasteiger partial charge in [0.1, 0.15) is 36.9 Å². The molecule has 4 unspecified atom stereocenters. The Balaban J connectivity index is 1.74. The SMILES string of the molecule is C=CC(=O)OC(C)COc1c2c(c(OCC(C)OC(=O)C=C)c3cc(CC)ccc13)C1CCC2C1. The van der Waals surface area contributed by atoms with Crippen LogP contribution in [0.4, 0.5) is 0 Å². The van der Waals surface area contributed by atoms with Crippen LogP contribution in [0.2, 0.25) is 0 Å². The molecule has 4 rings (SSSR count). The van der Waals surface area contributed by atoms with Gasteiger partial charge in [0.05, 0.1) is 0 Å². The minimum atomic E-state index is -0.460. The second-order valence-electron chi connectivity index (χ2n) is 9.45. The highest BCUT2D eigenvalue weighted by molar-refractivity contribution is 5.97. The molecule has 2 aromatic carbocycles. The molecule has 2 aliphatic rings. The zero-order valence-corrected chi connectivity index (χ0v) is 20.8. The predicted octanol–water partition coefficient (Wildman–Crippen LogP) is 5.76. The van der Waals surface area contributed by atoms with Crippen LogP contribution >= 0.6 is 0 Å². The number of benzene rings is 2. The fraction of sp³-hybridized carbons (Fsp3) is 0.448. The summed E-state index contributed by atoms with van der Waals surface area (Å²) in [4.78, 5) is 23.2. The number of hydrogen-bond acceptors (Lipinski definition) is 6. The van der Waals surface area contributed by atoms with Crippen molar-refractivity contribution in [2.45, 2.75) is 70.5 Å². The van der Waals surface area contributed by atoms with Crippen LogP contribution in [0.1, 0.15) is 68.6 Å². The summed E-state index contributed by atoms with van der Waals surface area (Å²) in [5.74, 6) is 1.66. The number of ether oxygens (including phenoxy) is 4. The zero-order chi connectivity index (χ0) is 25.1. The van der Waals surface area contributed by atoms with E-state index in [2.05, 4.69) is 38.3 Å². The molecule has 0 aliphatic heterocycles. The highest BCUT2D eigenvalue weighted by Gasteiger charge is 2.43. The first-order valence-corrected chi connectivity index (χ1v) is 12.4. The average Bonchev–Trinajstić information content (AvgIpc) is 3.48. The molecule has 2 bridgehead atoms. The standard InChI is InChI=1S/C29H34O6/c1-6-19-9-12-22-23(13-19)29(33-16-18(5)35-25(31)8-3)27-21-11-10-20(14-21)26(27)28(22)32-15-17(4)34-24(30)7-2/h7-9,12-13,17-18,20-21H,2-3,6,10-11,14-16H2,1,4-5H3. The second kappa shape index (κ2) is 10.5. The molecule has 0 amide bonds. The minimum absolute atomic E-state index is 0.253. The number of rotatable bonds is 11. The molecule has 0 spiro atoms. The summed E-state index contributed by atoms with van der Waals surface area (Å²) in [7, 11) is 0. The lowest BCUT2D eigenvalue weighted by Crippen LogP contribution is -2.22. The summed E-state index contributed by atoms with van der Waals surface area (Å²) in [6.07, 6.45) is 5.74. The lowest BCUT2D eigenvalue weighted by atomic mass is 9.86. The third kappa shape index (κ3) is 5.07. The Morgan fingerprint density at radius 1 is 0.914 bits per heavy atom. The van der Waals surface area contributed by atoms with Crippen LogP contribution in [0.3, 0.4) is 0 Å². The van der Waals surface area contributed by atoms with Crippen molar-refractivity contribution in [1.82, 2.24) is 0 Å². The Hall–Kier alpha value is -3.28. The molecular weight excluding hydrogens is 444 g/mol. The molecule has 0 heterocycles. The van der Waals surface area contributed by atoms with Crippen LogP contribution in [0.25, 0.3) is 10.8 Å². The maximum Gasteiger partial charge on any atom is 0.330 e. The molecule has 2 aromatic rings. The number of aryl methyl sites for hydroxylation is 1. The van der Waals surface area contributed by atoms with E-state index in [1.54, 1.807) is 0 Å². The molecule has 4 atom stereocenters. The van der Waals surface area contributed by atoms with Crippen molar-refractivity contribution in [3.8, 4) is 11.5 Å². The van der Waals surface area contributed by atoms with Gasteiger partial charge >= 0.3 is 11.9 Å². The van der Waals surface area contributed by atoms with Gasteiger partial charge in [-0.15, -0.1) is 0 Å². The lowest BCUT2D eigenvalue weighted by molar-refractivity contribution is -0.144. The molecule has 0 radical (unpaired) electrons. The molecule has 0 aromatic heterocycles. The average molecular weight is 479 g/mol. The predicted molar refractivity (Wildman–Crippen MR) is 135 cm³/mol. The molecule has 1 fully saturated rings. The molecule has 35 heavy (non-hydrogen) atoms. The van der Waals surface area contributed by atoms with Gasteiger partial charge in [-0.05, 0) is 63.0 Å². The van der Waals surface area contributed by atoms with E-state index in [0.29, 0.717) is 11.8 Å². The molecule has 6 nitrogen and oxygen atoms in total. The molecule has 1 saturated carbocycles. The van der Waals surface area contributed by atoms with Crippen molar-refractivity contribution in [2.24, 2.45) is 0 Å². The van der Waals surface area contributed by atoms with Crippen molar-refractivity contribution in [3.05, 3.63) is 60.2 Å². The molecule has 0 saturated heterocycles. The van der Waals surface area contributed by atoms with Crippen molar-refractivity contribution in [1.29, 1.82) is 0 Å². The molecule has 6 heteroatoms. The number of carbonyl (C=O) groups excluding carboxylic acids is 2. The van der Waals surface area contributed by atoms with Gasteiger partial charge in [-0.3, -0.25) is 0 Å². The highest BCUT2D eigenvalue weighted by Crippen LogP contribution is 2.61. The Bertz CT molecular complexity index is 1150. The number of esters is 2. The van der Waals surface area contributed by atoms with E-state index in [1.807, 2.05) is 13.8 Å². The number of hydrogen-bond donors (Lipinski definition) is 0. The first kappa shape index (κ1) is 24.8. The zero-order valence-electron chi connectivity index (χ0n) is 20.8. The molecular formula is C29H34O6. The van der Waals surface area contributed by atoms with Crippen molar-refractivity contribution in [3.63, 3.8) is 0 Å². The van der Waals surface area contributed by atoms with E-state index < -0.39 is 24.1 Å². The summed E-state index contributed by atoms with van der Waals surface area (Å²) >= 11 is 0. The Kier molecular flexibility index (Phi) is 7.48. The smallest absolute Gasteiger partial charge is 0.330 e. The van der Waals surface area contributed by atoms with Gasteiger partial charge in [0, 0.05) is 34.1 Å². The fourth-order valence-corrected chi connectivity index (χ4v) is 5.32. The molecule has 2 aliphatic carbocycles. The second-order valence-corrected chi connectivity index (χ2v) is 9.45. The maximum atomic E-state index is 11.6. The van der Waals surface area contributed by atoms with E-state index in [-0.39, 0.29) is 13.2 Å².